The first-order valence-electron chi connectivity index (χ1n) is 6.43. The van der Waals surface area contributed by atoms with Gasteiger partial charge in [-0.05, 0) is 42.0 Å². The van der Waals surface area contributed by atoms with E-state index in [0.717, 1.165) is 44.8 Å². The van der Waals surface area contributed by atoms with Crippen LogP contribution in [0, 0.1) is 6.92 Å². The number of aromatic nitrogens is 4. The van der Waals surface area contributed by atoms with Crippen LogP contribution in [0.3, 0.4) is 0 Å². The average Bonchev–Trinajstić information content (AvgIpc) is 2.89. The van der Waals surface area contributed by atoms with Crippen molar-refractivity contribution in [3.63, 3.8) is 0 Å². The zero-order chi connectivity index (χ0) is 14.3. The Hall–Kier alpha value is -1.66. The van der Waals surface area contributed by atoms with E-state index in [1.807, 2.05) is 31.8 Å². The molecule has 0 amide bonds. The van der Waals surface area contributed by atoms with Gasteiger partial charge in [-0.25, -0.2) is 4.98 Å². The van der Waals surface area contributed by atoms with Crippen molar-refractivity contribution in [1.82, 2.24) is 25.1 Å². The number of hydrogen-bond acceptors (Lipinski definition) is 3. The molecule has 0 spiro atoms. The highest BCUT2D eigenvalue weighted by Crippen LogP contribution is 2.32. The van der Waals surface area contributed by atoms with Crippen LogP contribution in [0.4, 0.5) is 0 Å². The maximum absolute atomic E-state index is 4.54. The predicted octanol–water partition coefficient (Wildman–Crippen LogP) is 2.75. The zero-order valence-electron chi connectivity index (χ0n) is 11.7. The quantitative estimate of drug-likeness (QED) is 0.774. The van der Waals surface area contributed by atoms with Crippen LogP contribution in [0.25, 0.3) is 22.3 Å². The minimum absolute atomic E-state index is 0.736. The van der Waals surface area contributed by atoms with Crippen LogP contribution in [-0.4, -0.2) is 26.8 Å². The highest BCUT2D eigenvalue weighted by molar-refractivity contribution is 9.10. The first-order chi connectivity index (χ1) is 9.60. The van der Waals surface area contributed by atoms with Crippen molar-refractivity contribution in [2.45, 2.75) is 13.5 Å². The molecule has 0 bridgehead atoms. The SMILES string of the molecule is CNCc1nn(C)c(-c2ccc3nc(C)[nH]c3c2)c1Br. The Morgan fingerprint density at radius 1 is 1.40 bits per heavy atom. The topological polar surface area (TPSA) is 58.5 Å². The highest BCUT2D eigenvalue weighted by Gasteiger charge is 2.15. The minimum Gasteiger partial charge on any atom is -0.342 e. The van der Waals surface area contributed by atoms with E-state index in [0.29, 0.717) is 0 Å². The maximum Gasteiger partial charge on any atom is 0.104 e. The van der Waals surface area contributed by atoms with Gasteiger partial charge >= 0.3 is 0 Å². The van der Waals surface area contributed by atoms with Crippen molar-refractivity contribution in [2.75, 3.05) is 7.05 Å². The molecule has 104 valence electrons. The second-order valence-electron chi connectivity index (χ2n) is 4.82. The maximum atomic E-state index is 4.54. The van der Waals surface area contributed by atoms with Gasteiger partial charge < -0.3 is 10.3 Å². The van der Waals surface area contributed by atoms with Crippen molar-refractivity contribution in [3.8, 4) is 11.3 Å². The second-order valence-corrected chi connectivity index (χ2v) is 5.61. The Bertz CT molecular complexity index is 771. The third-order valence-corrected chi connectivity index (χ3v) is 4.11. The second kappa shape index (κ2) is 5.03. The molecule has 6 heteroatoms. The molecular formula is C14H16BrN5. The Morgan fingerprint density at radius 3 is 2.95 bits per heavy atom. The van der Waals surface area contributed by atoms with Crippen molar-refractivity contribution in [1.29, 1.82) is 0 Å². The molecule has 20 heavy (non-hydrogen) atoms. The molecule has 0 aliphatic carbocycles. The molecular weight excluding hydrogens is 318 g/mol. The molecule has 2 heterocycles. The number of nitrogens with zero attached hydrogens (tertiary/aromatic N) is 3. The first kappa shape index (κ1) is 13.3. The molecule has 5 nitrogen and oxygen atoms in total. The molecule has 2 aromatic heterocycles. The molecule has 0 aliphatic rings. The third kappa shape index (κ3) is 2.14. The summed E-state index contributed by atoms with van der Waals surface area (Å²) in [5.74, 6) is 0.928. The summed E-state index contributed by atoms with van der Waals surface area (Å²) in [6.45, 7) is 2.70. The molecule has 0 atom stereocenters. The number of benzene rings is 1. The molecule has 0 aliphatic heterocycles. The molecule has 0 saturated heterocycles. The zero-order valence-corrected chi connectivity index (χ0v) is 13.2. The lowest BCUT2D eigenvalue weighted by Crippen LogP contribution is -2.06. The van der Waals surface area contributed by atoms with E-state index in [-0.39, 0.29) is 0 Å². The number of halogens is 1. The molecule has 3 rings (SSSR count). The van der Waals surface area contributed by atoms with Crippen molar-refractivity contribution in [3.05, 3.63) is 34.2 Å². The van der Waals surface area contributed by atoms with Gasteiger partial charge in [0, 0.05) is 19.2 Å². The van der Waals surface area contributed by atoms with E-state index in [1.54, 1.807) is 0 Å². The number of hydrogen-bond donors (Lipinski definition) is 2. The van der Waals surface area contributed by atoms with Gasteiger partial charge in [0.25, 0.3) is 0 Å². The largest absolute Gasteiger partial charge is 0.342 e. The van der Waals surface area contributed by atoms with Gasteiger partial charge in [-0.3, -0.25) is 4.68 Å². The Labute approximate surface area is 125 Å². The van der Waals surface area contributed by atoms with Crippen LogP contribution in [0.5, 0.6) is 0 Å². The minimum atomic E-state index is 0.736. The van der Waals surface area contributed by atoms with E-state index in [9.17, 15) is 0 Å². The summed E-state index contributed by atoms with van der Waals surface area (Å²) in [7, 11) is 3.88. The van der Waals surface area contributed by atoms with E-state index in [4.69, 9.17) is 0 Å². The summed E-state index contributed by atoms with van der Waals surface area (Å²) < 4.78 is 2.94. The van der Waals surface area contributed by atoms with E-state index >= 15 is 0 Å². The summed E-state index contributed by atoms with van der Waals surface area (Å²) in [6.07, 6.45) is 0. The summed E-state index contributed by atoms with van der Waals surface area (Å²) >= 11 is 3.66. The number of rotatable bonds is 3. The average molecular weight is 334 g/mol. The van der Waals surface area contributed by atoms with Crippen molar-refractivity contribution >= 4 is 27.0 Å². The van der Waals surface area contributed by atoms with Gasteiger partial charge in [0.05, 0.1) is 26.9 Å². The Balaban J connectivity index is 2.14. The molecule has 0 unspecified atom stereocenters. The van der Waals surface area contributed by atoms with Crippen molar-refractivity contribution < 1.29 is 0 Å². The first-order valence-corrected chi connectivity index (χ1v) is 7.22. The summed E-state index contributed by atoms with van der Waals surface area (Å²) in [5.41, 5.74) is 5.23. The summed E-state index contributed by atoms with van der Waals surface area (Å²) in [5, 5.41) is 7.67. The molecule has 0 radical (unpaired) electrons. The van der Waals surface area contributed by atoms with Gasteiger partial charge in [-0.15, -0.1) is 0 Å². The molecule has 0 fully saturated rings. The highest BCUT2D eigenvalue weighted by atomic mass is 79.9. The monoisotopic (exact) mass is 333 g/mol. The van der Waals surface area contributed by atoms with Gasteiger partial charge in [-0.2, -0.15) is 5.10 Å². The van der Waals surface area contributed by atoms with Crippen LogP contribution in [0.15, 0.2) is 22.7 Å². The van der Waals surface area contributed by atoms with Gasteiger partial charge in [0.2, 0.25) is 0 Å². The van der Waals surface area contributed by atoms with Crippen LogP contribution in [0.2, 0.25) is 0 Å². The van der Waals surface area contributed by atoms with Crippen LogP contribution in [-0.2, 0) is 13.6 Å². The molecule has 1 aromatic carbocycles. The number of aromatic amines is 1. The van der Waals surface area contributed by atoms with E-state index in [2.05, 4.69) is 48.4 Å². The van der Waals surface area contributed by atoms with Gasteiger partial charge in [0.1, 0.15) is 5.82 Å². The van der Waals surface area contributed by atoms with Gasteiger partial charge in [0.15, 0.2) is 0 Å². The smallest absolute Gasteiger partial charge is 0.104 e. The number of fused-ring (bicyclic) bond motifs is 1. The molecule has 0 saturated carbocycles. The lowest BCUT2D eigenvalue weighted by atomic mass is 10.1. The van der Waals surface area contributed by atoms with Crippen LogP contribution >= 0.6 is 15.9 Å². The standard InChI is InChI=1S/C14H16BrN5/c1-8-17-10-5-4-9(6-11(10)18-8)14-13(15)12(7-16-2)19-20(14)3/h4-6,16H,7H2,1-3H3,(H,17,18). The van der Waals surface area contributed by atoms with Crippen LogP contribution < -0.4 is 5.32 Å². The lowest BCUT2D eigenvalue weighted by molar-refractivity contribution is 0.715. The van der Waals surface area contributed by atoms with E-state index < -0.39 is 0 Å². The fraction of sp³-hybridized carbons (Fsp3) is 0.286. The number of aryl methyl sites for hydroxylation is 2. The number of imidazole rings is 1. The number of nitrogens with one attached hydrogen (secondary N) is 2. The lowest BCUT2D eigenvalue weighted by Gasteiger charge is -2.03. The number of H-pyrrole nitrogens is 1. The van der Waals surface area contributed by atoms with Crippen molar-refractivity contribution in [2.24, 2.45) is 7.05 Å². The third-order valence-electron chi connectivity index (χ3n) is 3.27. The molecule has 2 N–H and O–H groups in total. The van der Waals surface area contributed by atoms with Crippen LogP contribution in [0.1, 0.15) is 11.5 Å². The Kier molecular flexibility index (Phi) is 3.35. The normalized spacial score (nSPS) is 11.4. The Morgan fingerprint density at radius 2 is 2.20 bits per heavy atom. The fourth-order valence-electron chi connectivity index (χ4n) is 2.43. The van der Waals surface area contributed by atoms with Gasteiger partial charge in [-0.1, -0.05) is 6.07 Å². The summed E-state index contributed by atoms with van der Waals surface area (Å²) in [4.78, 5) is 7.70. The predicted molar refractivity (Wildman–Crippen MR) is 83.5 cm³/mol. The molecule has 3 aromatic rings. The van der Waals surface area contributed by atoms with E-state index in [1.165, 1.54) is 0 Å². The summed E-state index contributed by atoms with van der Waals surface area (Å²) in [6, 6.07) is 6.22. The fourth-order valence-corrected chi connectivity index (χ4v) is 3.14.